The molecule has 0 spiro atoms. The number of fused-ring (bicyclic) bond motifs is 2. The second-order valence-electron chi connectivity index (χ2n) is 7.02. The third-order valence-electron chi connectivity index (χ3n) is 5.27. The summed E-state index contributed by atoms with van der Waals surface area (Å²) in [6.45, 7) is 0. The number of methoxy groups -OCH3 is 2. The summed E-state index contributed by atoms with van der Waals surface area (Å²) in [5.41, 5.74) is 5.09. The molecule has 31 heavy (non-hydrogen) atoms. The molecule has 4 aromatic rings. The third kappa shape index (κ3) is 3.07. The van der Waals surface area contributed by atoms with E-state index in [0.717, 1.165) is 27.9 Å². The molecule has 3 N–H and O–H groups in total. The van der Waals surface area contributed by atoms with E-state index in [-0.39, 0.29) is 17.7 Å². The summed E-state index contributed by atoms with van der Waals surface area (Å²) in [6.07, 6.45) is 1.17. The van der Waals surface area contributed by atoms with Crippen LogP contribution in [0.15, 0.2) is 54.7 Å². The maximum absolute atomic E-state index is 11.7. The Kier molecular flexibility index (Phi) is 4.36. The Balaban J connectivity index is 1.75. The van der Waals surface area contributed by atoms with E-state index in [1.54, 1.807) is 16.6 Å². The minimum Gasteiger partial charge on any atom is -0.504 e. The van der Waals surface area contributed by atoms with Gasteiger partial charge >= 0.3 is 6.09 Å². The number of phenols is 1. The molecule has 0 radical (unpaired) electrons. The van der Waals surface area contributed by atoms with Crippen LogP contribution in [0.25, 0.3) is 16.8 Å². The first kappa shape index (κ1) is 18.7. The lowest BCUT2D eigenvalue weighted by molar-refractivity contribution is 0.186. The summed E-state index contributed by atoms with van der Waals surface area (Å²) in [7, 11) is 2.80. The molecular weight excluding hydrogens is 398 g/mol. The fourth-order valence-electron chi connectivity index (χ4n) is 3.85. The molecule has 1 aliphatic rings. The van der Waals surface area contributed by atoms with Crippen LogP contribution in [0, 0.1) is 0 Å². The van der Waals surface area contributed by atoms with Crippen molar-refractivity contribution in [2.75, 3.05) is 24.9 Å². The van der Waals surface area contributed by atoms with Crippen molar-refractivity contribution in [1.29, 1.82) is 0 Å². The van der Waals surface area contributed by atoms with Crippen molar-refractivity contribution in [3.05, 3.63) is 65.9 Å². The number of ether oxygens (including phenoxy) is 2. The van der Waals surface area contributed by atoms with Gasteiger partial charge in [-0.05, 0) is 29.8 Å². The average molecular weight is 417 g/mol. The number of para-hydroxylation sites is 1. The summed E-state index contributed by atoms with van der Waals surface area (Å²) >= 11 is 0. The van der Waals surface area contributed by atoms with Crippen molar-refractivity contribution in [2.24, 2.45) is 0 Å². The molecule has 2 aromatic carbocycles. The zero-order valence-electron chi connectivity index (χ0n) is 16.8. The van der Waals surface area contributed by atoms with Crippen molar-refractivity contribution >= 4 is 23.2 Å². The highest BCUT2D eigenvalue weighted by atomic mass is 16.5. The fraction of sp³-hybridized carbons (Fsp3) is 0.136. The van der Waals surface area contributed by atoms with E-state index >= 15 is 0 Å². The molecule has 2 aromatic heterocycles. The van der Waals surface area contributed by atoms with Gasteiger partial charge in [0.1, 0.15) is 5.69 Å². The molecule has 1 aliphatic heterocycles. The number of benzene rings is 2. The van der Waals surface area contributed by atoms with Gasteiger partial charge in [-0.3, -0.25) is 5.32 Å². The van der Waals surface area contributed by atoms with E-state index in [2.05, 4.69) is 25.5 Å². The minimum absolute atomic E-state index is 0.0737. The molecule has 9 nitrogen and oxygen atoms in total. The SMILES string of the molecule is COC(=O)Nc1nc2c3c(ccn3n1)C(c1ccc(O)c(OC)c1)Nc1ccccc1-2. The number of nitrogens with one attached hydrogen (secondary N) is 2. The van der Waals surface area contributed by atoms with E-state index in [4.69, 9.17) is 4.74 Å². The fourth-order valence-corrected chi connectivity index (χ4v) is 3.85. The van der Waals surface area contributed by atoms with Crippen LogP contribution < -0.4 is 15.4 Å². The van der Waals surface area contributed by atoms with E-state index < -0.39 is 6.09 Å². The Hall–Kier alpha value is -4.27. The number of aromatic hydroxyl groups is 1. The summed E-state index contributed by atoms with van der Waals surface area (Å²) in [6, 6.07) is 14.8. The van der Waals surface area contributed by atoms with E-state index in [9.17, 15) is 9.90 Å². The maximum atomic E-state index is 11.7. The summed E-state index contributed by atoms with van der Waals surface area (Å²) in [5, 5.41) is 20.6. The highest BCUT2D eigenvalue weighted by Gasteiger charge is 2.28. The van der Waals surface area contributed by atoms with Crippen LogP contribution in [-0.2, 0) is 4.74 Å². The zero-order chi connectivity index (χ0) is 21.5. The van der Waals surface area contributed by atoms with Crippen LogP contribution >= 0.6 is 0 Å². The number of hydrogen-bond acceptors (Lipinski definition) is 7. The number of amides is 1. The Bertz CT molecular complexity index is 1320. The topological polar surface area (TPSA) is 110 Å². The van der Waals surface area contributed by atoms with Crippen LogP contribution in [0.5, 0.6) is 11.5 Å². The summed E-state index contributed by atoms with van der Waals surface area (Å²) < 4.78 is 11.7. The lowest BCUT2D eigenvalue weighted by atomic mass is 9.99. The molecule has 1 atom stereocenters. The molecule has 156 valence electrons. The number of carbonyl (C=O) groups is 1. The smallest absolute Gasteiger partial charge is 0.413 e. The molecule has 0 fully saturated rings. The van der Waals surface area contributed by atoms with E-state index in [0.29, 0.717) is 11.4 Å². The Morgan fingerprint density at radius 1 is 1.19 bits per heavy atom. The van der Waals surface area contributed by atoms with Gasteiger partial charge in [-0.15, -0.1) is 5.10 Å². The van der Waals surface area contributed by atoms with Gasteiger partial charge in [0, 0.05) is 23.0 Å². The van der Waals surface area contributed by atoms with Gasteiger partial charge in [0.05, 0.1) is 25.8 Å². The Labute approximate surface area is 177 Å². The lowest BCUT2D eigenvalue weighted by Gasteiger charge is -2.20. The Morgan fingerprint density at radius 2 is 2.03 bits per heavy atom. The normalized spacial score (nSPS) is 14.3. The molecule has 0 saturated carbocycles. The van der Waals surface area contributed by atoms with Gasteiger partial charge in [0.15, 0.2) is 11.5 Å². The van der Waals surface area contributed by atoms with Crippen molar-refractivity contribution in [3.8, 4) is 22.8 Å². The van der Waals surface area contributed by atoms with Gasteiger partial charge in [0.25, 0.3) is 5.95 Å². The van der Waals surface area contributed by atoms with E-state index in [1.165, 1.54) is 14.2 Å². The average Bonchev–Trinajstić information content (AvgIpc) is 3.15. The maximum Gasteiger partial charge on any atom is 0.413 e. The highest BCUT2D eigenvalue weighted by molar-refractivity contribution is 5.91. The molecule has 0 saturated heterocycles. The van der Waals surface area contributed by atoms with Crippen molar-refractivity contribution < 1.29 is 19.4 Å². The molecule has 1 unspecified atom stereocenters. The molecule has 9 heteroatoms. The van der Waals surface area contributed by atoms with Gasteiger partial charge in [-0.2, -0.15) is 0 Å². The first-order chi connectivity index (χ1) is 15.1. The number of carbonyl (C=O) groups excluding carboxylic acids is 1. The molecule has 3 heterocycles. The van der Waals surface area contributed by atoms with Gasteiger partial charge < -0.3 is 19.9 Å². The highest BCUT2D eigenvalue weighted by Crippen LogP contribution is 2.42. The van der Waals surface area contributed by atoms with Crippen LogP contribution in [0.2, 0.25) is 0 Å². The molecule has 0 bridgehead atoms. The first-order valence-electron chi connectivity index (χ1n) is 9.56. The van der Waals surface area contributed by atoms with Crippen molar-refractivity contribution in [2.45, 2.75) is 6.04 Å². The van der Waals surface area contributed by atoms with Gasteiger partial charge in [-0.25, -0.2) is 14.3 Å². The lowest BCUT2D eigenvalue weighted by Crippen LogP contribution is -2.15. The van der Waals surface area contributed by atoms with Crippen LogP contribution in [0.4, 0.5) is 16.4 Å². The molecule has 1 amide bonds. The van der Waals surface area contributed by atoms with Gasteiger partial charge in [0.2, 0.25) is 0 Å². The second kappa shape index (κ2) is 7.21. The van der Waals surface area contributed by atoms with Gasteiger partial charge in [-0.1, -0.05) is 24.3 Å². The predicted molar refractivity (Wildman–Crippen MR) is 115 cm³/mol. The molecule has 0 aliphatic carbocycles. The standard InChI is InChI=1S/C22H19N5O4/c1-30-17-11-12(7-8-16(17)28)18-14-9-10-27-20(14)19(13-5-3-4-6-15(13)23-18)24-21(26-27)25-22(29)31-2/h3-11,18,23,28H,1-2H3,(H,25,26,29). The zero-order valence-corrected chi connectivity index (χ0v) is 16.8. The number of anilines is 2. The Morgan fingerprint density at radius 3 is 2.84 bits per heavy atom. The quantitative estimate of drug-likeness (QED) is 0.465. The number of aromatic nitrogens is 3. The summed E-state index contributed by atoms with van der Waals surface area (Å²) in [4.78, 5) is 16.3. The largest absolute Gasteiger partial charge is 0.504 e. The number of hydrogen-bond donors (Lipinski definition) is 3. The number of rotatable bonds is 3. The van der Waals surface area contributed by atoms with Crippen molar-refractivity contribution in [3.63, 3.8) is 0 Å². The predicted octanol–water partition coefficient (Wildman–Crippen LogP) is 3.80. The third-order valence-corrected chi connectivity index (χ3v) is 5.27. The number of nitrogens with zero attached hydrogens (tertiary/aromatic N) is 3. The van der Waals surface area contributed by atoms with Crippen LogP contribution in [0.1, 0.15) is 17.2 Å². The van der Waals surface area contributed by atoms with Crippen LogP contribution in [0.3, 0.4) is 0 Å². The van der Waals surface area contributed by atoms with Crippen molar-refractivity contribution in [1.82, 2.24) is 14.6 Å². The molecule has 5 rings (SSSR count). The second-order valence-corrected chi connectivity index (χ2v) is 7.02. The van der Waals surface area contributed by atoms with Crippen LogP contribution in [-0.4, -0.2) is 40.0 Å². The minimum atomic E-state index is -0.645. The first-order valence-corrected chi connectivity index (χ1v) is 9.56. The monoisotopic (exact) mass is 417 g/mol. The number of phenolic OH excluding ortho intramolecular Hbond substituents is 1. The molecular formula is C22H19N5O4. The summed E-state index contributed by atoms with van der Waals surface area (Å²) in [5.74, 6) is 0.599. The van der Waals surface area contributed by atoms with E-state index in [1.807, 2.05) is 42.6 Å².